The van der Waals surface area contributed by atoms with Crippen molar-refractivity contribution in [2.75, 3.05) is 18.0 Å². The summed E-state index contributed by atoms with van der Waals surface area (Å²) in [5, 5.41) is 10.4. The number of aromatic nitrogens is 1. The monoisotopic (exact) mass is 394 g/mol. The average Bonchev–Trinajstić information content (AvgIpc) is 3.23. The Balaban J connectivity index is 1.45. The number of aryl methyl sites for hydroxylation is 1. The van der Waals surface area contributed by atoms with Gasteiger partial charge in [-0.3, -0.25) is 4.79 Å². The van der Waals surface area contributed by atoms with Gasteiger partial charge in [0.25, 0.3) is 5.91 Å². The third-order valence-electron chi connectivity index (χ3n) is 5.36. The fourth-order valence-corrected chi connectivity index (χ4v) is 5.14. The van der Waals surface area contributed by atoms with Crippen LogP contribution >= 0.6 is 22.9 Å². The SMILES string of the molecule is CCC1=C(Cl)N=C(C(=O)N2CC[C@@H]3[C@H]2CN3c2nc(C)c(C(=O)O)s2)C1. The Bertz CT molecular complexity index is 862. The van der Waals surface area contributed by atoms with Gasteiger partial charge in [0.05, 0.1) is 17.8 Å². The van der Waals surface area contributed by atoms with Gasteiger partial charge in [-0.15, -0.1) is 0 Å². The molecular formula is C17H19ClN4O3S. The highest BCUT2D eigenvalue weighted by atomic mass is 35.5. The first-order valence-electron chi connectivity index (χ1n) is 8.64. The van der Waals surface area contributed by atoms with Gasteiger partial charge in [-0.2, -0.15) is 0 Å². The molecule has 0 aromatic carbocycles. The molecule has 1 N–H and O–H groups in total. The van der Waals surface area contributed by atoms with Crippen molar-refractivity contribution in [2.24, 2.45) is 4.99 Å². The molecule has 1 amide bonds. The molecule has 0 bridgehead atoms. The second-order valence-electron chi connectivity index (χ2n) is 6.77. The highest BCUT2D eigenvalue weighted by Gasteiger charge is 2.50. The summed E-state index contributed by atoms with van der Waals surface area (Å²) in [6, 6.07) is 0.328. The van der Waals surface area contributed by atoms with Crippen molar-refractivity contribution < 1.29 is 14.7 Å². The minimum Gasteiger partial charge on any atom is -0.477 e. The molecule has 0 aliphatic carbocycles. The quantitative estimate of drug-likeness (QED) is 0.793. The van der Waals surface area contributed by atoms with Crippen molar-refractivity contribution in [2.45, 2.75) is 45.2 Å². The Kier molecular flexibility index (Phi) is 4.27. The van der Waals surface area contributed by atoms with Crippen LogP contribution in [0.2, 0.25) is 0 Å². The lowest BCUT2D eigenvalue weighted by atomic mass is 9.98. The minimum absolute atomic E-state index is 0.0275. The molecular weight excluding hydrogens is 376 g/mol. The van der Waals surface area contributed by atoms with E-state index in [0.717, 1.165) is 23.5 Å². The molecule has 0 spiro atoms. The van der Waals surface area contributed by atoms with E-state index in [0.29, 0.717) is 36.1 Å². The van der Waals surface area contributed by atoms with Crippen LogP contribution < -0.4 is 4.90 Å². The van der Waals surface area contributed by atoms with E-state index in [9.17, 15) is 14.7 Å². The first-order valence-corrected chi connectivity index (χ1v) is 9.83. The Morgan fingerprint density at radius 3 is 2.77 bits per heavy atom. The lowest BCUT2D eigenvalue weighted by Crippen LogP contribution is -2.63. The van der Waals surface area contributed by atoms with E-state index in [2.05, 4.69) is 14.9 Å². The summed E-state index contributed by atoms with van der Waals surface area (Å²) in [6.07, 6.45) is 2.19. The summed E-state index contributed by atoms with van der Waals surface area (Å²) in [6.45, 7) is 5.08. The number of allylic oxidation sites excluding steroid dienone is 1. The number of likely N-dealkylation sites (tertiary alicyclic amines) is 1. The number of carbonyl (C=O) groups is 2. The van der Waals surface area contributed by atoms with Crippen LogP contribution in [0.15, 0.2) is 15.7 Å². The molecule has 7 nitrogen and oxygen atoms in total. The summed E-state index contributed by atoms with van der Waals surface area (Å²) < 4.78 is 0. The van der Waals surface area contributed by atoms with Crippen LogP contribution in [-0.4, -0.2) is 57.8 Å². The topological polar surface area (TPSA) is 86.1 Å². The van der Waals surface area contributed by atoms with Crippen molar-refractivity contribution in [1.29, 1.82) is 0 Å². The van der Waals surface area contributed by atoms with Crippen LogP contribution in [0, 0.1) is 6.92 Å². The normalized spacial score (nSPS) is 24.7. The average molecular weight is 395 g/mol. The van der Waals surface area contributed by atoms with Gasteiger partial charge in [-0.25, -0.2) is 14.8 Å². The molecule has 0 unspecified atom stereocenters. The molecule has 2 saturated heterocycles. The highest BCUT2D eigenvalue weighted by molar-refractivity contribution is 7.17. The van der Waals surface area contributed by atoms with Gasteiger partial charge in [0.15, 0.2) is 5.13 Å². The fraction of sp³-hybridized carbons (Fsp3) is 0.529. The number of thiazole rings is 1. The van der Waals surface area contributed by atoms with Gasteiger partial charge >= 0.3 is 5.97 Å². The smallest absolute Gasteiger partial charge is 0.347 e. The number of rotatable bonds is 4. The number of carboxylic acids is 1. The van der Waals surface area contributed by atoms with Crippen molar-refractivity contribution in [1.82, 2.24) is 9.88 Å². The number of aliphatic imine (C=N–C) groups is 1. The Labute approximate surface area is 160 Å². The van der Waals surface area contributed by atoms with Gasteiger partial charge in [-0.1, -0.05) is 29.9 Å². The van der Waals surface area contributed by atoms with Crippen LogP contribution in [0.25, 0.3) is 0 Å². The van der Waals surface area contributed by atoms with Gasteiger partial charge in [-0.05, 0) is 25.3 Å². The van der Waals surface area contributed by atoms with Gasteiger partial charge in [0.2, 0.25) is 0 Å². The molecule has 9 heteroatoms. The number of hydrogen-bond donors (Lipinski definition) is 1. The van der Waals surface area contributed by atoms with Crippen molar-refractivity contribution in [3.63, 3.8) is 0 Å². The number of carbonyl (C=O) groups excluding carboxylic acids is 1. The predicted octanol–water partition coefficient (Wildman–Crippen LogP) is 2.64. The van der Waals surface area contributed by atoms with E-state index in [1.807, 2.05) is 11.8 Å². The molecule has 2 atom stereocenters. The van der Waals surface area contributed by atoms with Crippen LogP contribution in [0.5, 0.6) is 0 Å². The van der Waals surface area contributed by atoms with Crippen LogP contribution in [0.4, 0.5) is 5.13 Å². The third-order valence-corrected chi connectivity index (χ3v) is 6.89. The van der Waals surface area contributed by atoms with E-state index in [4.69, 9.17) is 11.6 Å². The van der Waals surface area contributed by atoms with E-state index in [1.54, 1.807) is 6.92 Å². The Morgan fingerprint density at radius 1 is 1.38 bits per heavy atom. The molecule has 2 fully saturated rings. The van der Waals surface area contributed by atoms with Crippen LogP contribution in [0.1, 0.15) is 41.6 Å². The lowest BCUT2D eigenvalue weighted by Gasteiger charge is -2.46. The zero-order valence-corrected chi connectivity index (χ0v) is 16.1. The summed E-state index contributed by atoms with van der Waals surface area (Å²) >= 11 is 7.31. The largest absolute Gasteiger partial charge is 0.477 e. The van der Waals surface area contributed by atoms with Crippen LogP contribution in [0.3, 0.4) is 0 Å². The second kappa shape index (κ2) is 6.35. The minimum atomic E-state index is -0.943. The van der Waals surface area contributed by atoms with Crippen molar-refractivity contribution in [3.8, 4) is 0 Å². The standard InChI is InChI=1S/C17H19ClN4O3S/c1-3-9-6-10(20-14(9)18)15(23)21-5-4-11-12(21)7-22(11)17-19-8(2)13(26-17)16(24)25/h11-12H,3-7H2,1-2H3,(H,24,25)/t11-,12-/m1/s1. The lowest BCUT2D eigenvalue weighted by molar-refractivity contribution is -0.125. The summed E-state index contributed by atoms with van der Waals surface area (Å²) in [4.78, 5) is 37.0. The van der Waals surface area contributed by atoms with E-state index in [1.165, 1.54) is 11.3 Å². The zero-order valence-electron chi connectivity index (χ0n) is 14.5. The number of aromatic carboxylic acids is 1. The van der Waals surface area contributed by atoms with Gasteiger partial charge < -0.3 is 14.9 Å². The maximum atomic E-state index is 12.8. The van der Waals surface area contributed by atoms with Gasteiger partial charge in [0.1, 0.15) is 15.7 Å². The number of hydrogen-bond acceptors (Lipinski definition) is 6. The highest BCUT2D eigenvalue weighted by Crippen LogP contribution is 2.39. The first kappa shape index (κ1) is 17.5. The number of nitrogens with zero attached hydrogens (tertiary/aromatic N) is 4. The summed E-state index contributed by atoms with van der Waals surface area (Å²) in [5.74, 6) is -0.970. The number of anilines is 1. The Morgan fingerprint density at radius 2 is 2.15 bits per heavy atom. The predicted molar refractivity (Wildman–Crippen MR) is 100 cm³/mol. The zero-order chi connectivity index (χ0) is 18.6. The van der Waals surface area contributed by atoms with E-state index in [-0.39, 0.29) is 22.9 Å². The second-order valence-corrected chi connectivity index (χ2v) is 8.11. The fourth-order valence-electron chi connectivity index (χ4n) is 3.87. The third kappa shape index (κ3) is 2.63. The number of carboxylic acid groups (broad SMARTS) is 1. The van der Waals surface area contributed by atoms with E-state index >= 15 is 0 Å². The van der Waals surface area contributed by atoms with E-state index < -0.39 is 5.97 Å². The first-order chi connectivity index (χ1) is 12.4. The molecule has 0 saturated carbocycles. The molecule has 3 aliphatic heterocycles. The molecule has 4 heterocycles. The van der Waals surface area contributed by atoms with Crippen LogP contribution in [-0.2, 0) is 4.79 Å². The summed E-state index contributed by atoms with van der Waals surface area (Å²) in [7, 11) is 0. The maximum Gasteiger partial charge on any atom is 0.347 e. The number of amides is 1. The van der Waals surface area contributed by atoms with Crippen molar-refractivity contribution in [3.05, 3.63) is 21.3 Å². The maximum absolute atomic E-state index is 12.8. The Hall–Kier alpha value is -1.93. The molecule has 26 heavy (non-hydrogen) atoms. The molecule has 4 rings (SSSR count). The number of fused-ring (bicyclic) bond motifs is 1. The molecule has 3 aliphatic rings. The van der Waals surface area contributed by atoms with Crippen molar-refractivity contribution >= 4 is 45.7 Å². The number of halogens is 1. The molecule has 1 aromatic heterocycles. The summed E-state index contributed by atoms with van der Waals surface area (Å²) in [5.41, 5.74) is 2.09. The molecule has 1 aromatic rings. The van der Waals surface area contributed by atoms with Gasteiger partial charge in [0, 0.05) is 19.5 Å². The molecule has 138 valence electrons. The molecule has 0 radical (unpaired) electrons.